The number of ether oxygens (including phenoxy) is 1. The van der Waals surface area contributed by atoms with Crippen LogP contribution in [0.25, 0.3) is 5.65 Å². The molecule has 0 spiro atoms. The molecule has 2 aromatic heterocycles. The van der Waals surface area contributed by atoms with Crippen molar-refractivity contribution in [1.82, 2.24) is 9.38 Å². The summed E-state index contributed by atoms with van der Waals surface area (Å²) in [6.45, 7) is 3.70. The van der Waals surface area contributed by atoms with Crippen molar-refractivity contribution >= 4 is 15.5 Å². The number of hydrogen-bond donors (Lipinski definition) is 0. The Labute approximate surface area is 182 Å². The predicted molar refractivity (Wildman–Crippen MR) is 120 cm³/mol. The molecule has 2 atom stereocenters. The van der Waals surface area contributed by atoms with Gasteiger partial charge in [-0.05, 0) is 49.3 Å². The van der Waals surface area contributed by atoms with Crippen molar-refractivity contribution in [1.29, 1.82) is 5.26 Å². The van der Waals surface area contributed by atoms with Crippen LogP contribution in [-0.2, 0) is 21.0 Å². The van der Waals surface area contributed by atoms with Crippen molar-refractivity contribution < 1.29 is 13.2 Å². The zero-order chi connectivity index (χ0) is 22.0. The molecule has 0 saturated carbocycles. The van der Waals surface area contributed by atoms with Gasteiger partial charge in [-0.1, -0.05) is 26.0 Å². The monoisotopic (exact) mass is 435 g/mol. The van der Waals surface area contributed by atoms with E-state index in [0.29, 0.717) is 22.5 Å². The van der Waals surface area contributed by atoms with Gasteiger partial charge in [0.25, 0.3) is 0 Å². The normalized spacial score (nSPS) is 20.9. The van der Waals surface area contributed by atoms with E-state index in [2.05, 4.69) is 25.1 Å². The summed E-state index contributed by atoms with van der Waals surface area (Å²) in [6.07, 6.45) is 15.1. The zero-order valence-electron chi connectivity index (χ0n) is 17.7. The highest BCUT2D eigenvalue weighted by atomic mass is 32.2. The van der Waals surface area contributed by atoms with E-state index in [0.717, 1.165) is 30.0 Å². The third-order valence-electron chi connectivity index (χ3n) is 5.63. The van der Waals surface area contributed by atoms with Gasteiger partial charge in [0.1, 0.15) is 17.9 Å². The quantitative estimate of drug-likeness (QED) is 0.673. The molecule has 2 aromatic rings. The first-order valence-corrected chi connectivity index (χ1v) is 12.2. The first-order chi connectivity index (χ1) is 15.0. The van der Waals surface area contributed by atoms with E-state index in [9.17, 15) is 13.7 Å². The van der Waals surface area contributed by atoms with Crippen LogP contribution in [0.5, 0.6) is 0 Å². The van der Waals surface area contributed by atoms with Gasteiger partial charge in [0.2, 0.25) is 0 Å². The number of fused-ring (bicyclic) bond motifs is 1. The van der Waals surface area contributed by atoms with Crippen LogP contribution in [0, 0.1) is 11.3 Å². The van der Waals surface area contributed by atoms with E-state index in [1.165, 1.54) is 0 Å². The third-order valence-corrected chi connectivity index (χ3v) is 7.39. The van der Waals surface area contributed by atoms with E-state index < -0.39 is 9.84 Å². The number of imidazole rings is 1. The average Bonchev–Trinajstić information content (AvgIpc) is 3.18. The van der Waals surface area contributed by atoms with Crippen LogP contribution in [0.2, 0.25) is 0 Å². The van der Waals surface area contributed by atoms with Crippen LogP contribution in [0.3, 0.4) is 0 Å². The molecule has 4 rings (SSSR count). The van der Waals surface area contributed by atoms with Gasteiger partial charge in [0, 0.05) is 18.5 Å². The van der Waals surface area contributed by atoms with Crippen molar-refractivity contribution in [3.8, 4) is 6.07 Å². The standard InChI is InChI=1S/C24H25N3O3S/c1-3-22-23(27-13-7-9-18(16-25)24(27)26-22)17-8-5-10-19(14-17)30-20-11-6-12-21(15-20)31(28,29)4-2/h5-7,9-10,12-15,17,20H,3-4,8,11H2,1-2H3. The van der Waals surface area contributed by atoms with E-state index in [4.69, 9.17) is 9.72 Å². The minimum atomic E-state index is -3.26. The van der Waals surface area contributed by atoms with Gasteiger partial charge >= 0.3 is 0 Å². The topological polar surface area (TPSA) is 84.5 Å². The van der Waals surface area contributed by atoms with Crippen molar-refractivity contribution in [2.75, 3.05) is 5.75 Å². The summed E-state index contributed by atoms with van der Waals surface area (Å²) in [4.78, 5) is 5.05. The largest absolute Gasteiger partial charge is 0.486 e. The molecule has 160 valence electrons. The Morgan fingerprint density at radius 1 is 1.23 bits per heavy atom. The van der Waals surface area contributed by atoms with Crippen LogP contribution in [0.4, 0.5) is 0 Å². The number of aryl methyl sites for hydroxylation is 1. The van der Waals surface area contributed by atoms with E-state index in [1.54, 1.807) is 25.1 Å². The van der Waals surface area contributed by atoms with Gasteiger partial charge < -0.3 is 9.14 Å². The fourth-order valence-corrected chi connectivity index (χ4v) is 5.05. The Morgan fingerprint density at radius 3 is 2.77 bits per heavy atom. The van der Waals surface area contributed by atoms with Crippen LogP contribution in [0.1, 0.15) is 49.6 Å². The molecule has 0 bridgehead atoms. The predicted octanol–water partition coefficient (Wildman–Crippen LogP) is 4.36. The molecule has 0 radical (unpaired) electrons. The fraction of sp³-hybridized carbons (Fsp3) is 0.333. The number of rotatable bonds is 6. The van der Waals surface area contributed by atoms with Crippen molar-refractivity contribution in [2.24, 2.45) is 0 Å². The minimum Gasteiger partial charge on any atom is -0.486 e. The summed E-state index contributed by atoms with van der Waals surface area (Å²) in [5, 5.41) is 9.44. The molecule has 2 heterocycles. The summed E-state index contributed by atoms with van der Waals surface area (Å²) in [7, 11) is -3.26. The SMILES string of the molecule is CCc1nc2c(C#N)cccn2c1C1C=C(OC2C=C(S(=O)(=O)CC)C=CC2)C=CC1. The second kappa shape index (κ2) is 8.56. The molecule has 2 unspecified atom stereocenters. The lowest BCUT2D eigenvalue weighted by molar-refractivity contribution is 0.164. The van der Waals surface area contributed by atoms with E-state index in [-0.39, 0.29) is 17.8 Å². The Hall–Kier alpha value is -3.11. The van der Waals surface area contributed by atoms with Crippen molar-refractivity contribution in [3.63, 3.8) is 0 Å². The molecule has 0 fully saturated rings. The average molecular weight is 436 g/mol. The molecular formula is C24H25N3O3S. The summed E-state index contributed by atoms with van der Waals surface area (Å²) < 4.78 is 32.6. The highest BCUT2D eigenvalue weighted by Gasteiger charge is 2.24. The van der Waals surface area contributed by atoms with Gasteiger partial charge in [-0.15, -0.1) is 0 Å². The van der Waals surface area contributed by atoms with Gasteiger partial charge in [-0.2, -0.15) is 5.26 Å². The number of sulfone groups is 1. The summed E-state index contributed by atoms with van der Waals surface area (Å²) in [6, 6.07) is 5.87. The highest BCUT2D eigenvalue weighted by Crippen LogP contribution is 2.33. The molecule has 0 aliphatic heterocycles. The number of hydrogen-bond acceptors (Lipinski definition) is 5. The maximum Gasteiger partial charge on any atom is 0.177 e. The second-order valence-corrected chi connectivity index (χ2v) is 9.88. The van der Waals surface area contributed by atoms with Gasteiger partial charge in [-0.25, -0.2) is 13.4 Å². The Bertz CT molecular complexity index is 1270. The molecule has 7 heteroatoms. The van der Waals surface area contributed by atoms with Crippen LogP contribution < -0.4 is 0 Å². The molecule has 0 amide bonds. The van der Waals surface area contributed by atoms with Crippen molar-refractivity contribution in [2.45, 2.75) is 45.1 Å². The number of aromatic nitrogens is 2. The summed E-state index contributed by atoms with van der Waals surface area (Å²) in [5.74, 6) is 0.842. The molecule has 0 N–H and O–H groups in total. The van der Waals surface area contributed by atoms with Crippen LogP contribution >= 0.6 is 0 Å². The second-order valence-electron chi connectivity index (χ2n) is 7.60. The fourth-order valence-electron chi connectivity index (χ4n) is 4.05. The van der Waals surface area contributed by atoms with Gasteiger partial charge in [0.05, 0.1) is 27.6 Å². The van der Waals surface area contributed by atoms with E-state index >= 15 is 0 Å². The molecule has 2 aliphatic rings. The summed E-state index contributed by atoms with van der Waals surface area (Å²) >= 11 is 0. The number of nitriles is 1. The first kappa shape index (κ1) is 21.1. The first-order valence-electron chi connectivity index (χ1n) is 10.5. The van der Waals surface area contributed by atoms with Gasteiger partial charge in [0.15, 0.2) is 15.5 Å². The number of nitrogens with zero attached hydrogens (tertiary/aromatic N) is 3. The molecule has 2 aliphatic carbocycles. The lowest BCUT2D eigenvalue weighted by atomic mass is 9.94. The van der Waals surface area contributed by atoms with Crippen LogP contribution in [0.15, 0.2) is 65.4 Å². The Balaban J connectivity index is 1.65. The smallest absolute Gasteiger partial charge is 0.177 e. The lowest BCUT2D eigenvalue weighted by Crippen LogP contribution is -2.17. The maximum absolute atomic E-state index is 12.2. The molecule has 6 nitrogen and oxygen atoms in total. The molecule has 31 heavy (non-hydrogen) atoms. The van der Waals surface area contributed by atoms with Crippen LogP contribution in [-0.4, -0.2) is 29.7 Å². The molecule has 0 aromatic carbocycles. The third kappa shape index (κ3) is 4.08. The Kier molecular flexibility index (Phi) is 5.84. The number of pyridine rings is 1. The molecular weight excluding hydrogens is 410 g/mol. The van der Waals surface area contributed by atoms with Gasteiger partial charge in [-0.3, -0.25) is 0 Å². The molecule has 0 saturated heterocycles. The maximum atomic E-state index is 12.2. The number of allylic oxidation sites excluding steroid dienone is 4. The zero-order valence-corrected chi connectivity index (χ0v) is 18.5. The van der Waals surface area contributed by atoms with E-state index in [1.807, 2.05) is 28.8 Å². The van der Waals surface area contributed by atoms with Crippen molar-refractivity contribution in [3.05, 3.63) is 82.4 Å². The highest BCUT2D eigenvalue weighted by molar-refractivity contribution is 7.95. The lowest BCUT2D eigenvalue weighted by Gasteiger charge is -2.23. The minimum absolute atomic E-state index is 0.0563. The summed E-state index contributed by atoms with van der Waals surface area (Å²) in [5.41, 5.74) is 3.26. The Morgan fingerprint density at radius 2 is 2.03 bits per heavy atom.